The molecule has 0 aliphatic rings. The third-order valence-electron chi connectivity index (χ3n) is 11.8. The van der Waals surface area contributed by atoms with E-state index in [0.717, 1.165) is 70.5 Å². The van der Waals surface area contributed by atoms with E-state index in [2.05, 4.69) is 110 Å². The zero-order chi connectivity index (χ0) is 51.2. The van der Waals surface area contributed by atoms with Crippen molar-refractivity contribution < 1.29 is 46.9 Å². The van der Waals surface area contributed by atoms with E-state index < -0.39 is 19.3 Å². The monoisotopic (exact) mass is 998 g/mol. The van der Waals surface area contributed by atoms with Crippen LogP contribution in [0.3, 0.4) is 0 Å². The minimum absolute atomic E-state index is 0.00530. The van der Waals surface area contributed by atoms with Gasteiger partial charge in [0.05, 0.1) is 42.8 Å². The number of hydrogen-bond acceptors (Lipinski definition) is 13. The quantitative estimate of drug-likeness (QED) is 0.00818. The number of carbonyl (C=O) groups is 3. The van der Waals surface area contributed by atoms with Crippen molar-refractivity contribution in [3.05, 3.63) is 97.1 Å². The molecule has 2 unspecified atom stereocenters. The number of carbonyl (C=O) groups excluding carboxylic acids is 3. The van der Waals surface area contributed by atoms with Crippen LogP contribution in [0.25, 0.3) is 27.5 Å². The Bertz CT molecular complexity index is 2560. The van der Waals surface area contributed by atoms with E-state index in [0.29, 0.717) is 38.8 Å². The number of ether oxygens (including phenoxy) is 2. The van der Waals surface area contributed by atoms with Crippen molar-refractivity contribution in [2.24, 2.45) is 16.0 Å². The number of fused-ring (bicyclic) bond motifs is 2. The summed E-state index contributed by atoms with van der Waals surface area (Å²) in [4.78, 5) is 51.3. The van der Waals surface area contributed by atoms with E-state index in [-0.39, 0.29) is 63.7 Å². The van der Waals surface area contributed by atoms with Crippen molar-refractivity contribution in [2.45, 2.75) is 97.6 Å². The molecule has 1 heterocycles. The molecule has 0 fully saturated rings. The van der Waals surface area contributed by atoms with Gasteiger partial charge < -0.3 is 40.5 Å². The van der Waals surface area contributed by atoms with Crippen molar-refractivity contribution in [1.82, 2.24) is 10.6 Å². The number of phosphoric acid groups is 1. The highest BCUT2D eigenvalue weighted by molar-refractivity contribution is 7.47. The maximum absolute atomic E-state index is 12.9. The number of esters is 1. The Morgan fingerprint density at radius 3 is 2.15 bits per heavy atom. The average Bonchev–Trinajstić information content (AvgIpc) is 3.36. The standard InChI is InChI=1S/C53H73N8O9P/c1-7-60(8-2)47-26-22-42-36-41-21-23-44(37-48(41)61(49(42)38-47)46-16-11-9-12-17-46)58-57-43-24-27-45(28-25-43)59(6)32-15-18-51(63)56-53(4,5)39-68-40(3)20-29-50(62)55-31-33-69-71(65,66)70-35-34-67-52(64)19-13-10-14-30-54/h9,11-12,16-17,21-28,36-38,40H,7-8,10,13-15,18-20,29-35,39,54H2,1-6H3,(H2-,55,56,62,63,65,66)/p+1. The predicted molar refractivity (Wildman–Crippen MR) is 280 cm³/mol. The normalized spacial score (nSPS) is 13.0. The molecule has 384 valence electrons. The molecule has 0 saturated heterocycles. The SMILES string of the molecule is CCN(CC)c1ccc2cc3ccc(N=Nc4ccc(N(C)CCCC(=O)NC(C)(C)COC(C)CCC(=O)NCCOP(=O)(O)OCCOC(=O)CCCCCN)cc4)cc3[n+](-c3ccccc3)c2c1. The number of hydrogen-bond donors (Lipinski definition) is 4. The fourth-order valence-corrected chi connectivity index (χ4v) is 8.58. The van der Waals surface area contributed by atoms with E-state index in [1.807, 2.05) is 64.2 Å². The van der Waals surface area contributed by atoms with Gasteiger partial charge in [-0.15, -0.1) is 0 Å². The highest BCUT2D eigenvalue weighted by Gasteiger charge is 2.24. The molecule has 0 bridgehead atoms. The molecule has 0 saturated carbocycles. The molecule has 0 spiro atoms. The first-order valence-corrected chi connectivity index (χ1v) is 26.2. The molecular formula is C53H74N8O9P+. The lowest BCUT2D eigenvalue weighted by Gasteiger charge is -2.28. The topological polar surface area (TPSA) is 211 Å². The number of nitrogens with one attached hydrogen (secondary N) is 2. The lowest BCUT2D eigenvalue weighted by atomic mass is 10.1. The smallest absolute Gasteiger partial charge is 0.463 e. The van der Waals surface area contributed by atoms with Gasteiger partial charge in [-0.3, -0.25) is 23.4 Å². The summed E-state index contributed by atoms with van der Waals surface area (Å²) in [5.41, 5.74) is 11.7. The molecule has 5 N–H and O–H groups in total. The maximum atomic E-state index is 12.9. The lowest BCUT2D eigenvalue weighted by molar-refractivity contribution is -0.537. The van der Waals surface area contributed by atoms with Crippen LogP contribution in [0.5, 0.6) is 0 Å². The number of amides is 2. The fraction of sp³-hybridized carbons (Fsp3) is 0.472. The highest BCUT2D eigenvalue weighted by Crippen LogP contribution is 2.42. The number of rotatable bonds is 31. The third-order valence-corrected chi connectivity index (χ3v) is 12.8. The van der Waals surface area contributed by atoms with Crippen molar-refractivity contribution in [2.75, 3.05) is 76.0 Å². The number of anilines is 2. The predicted octanol–water partition coefficient (Wildman–Crippen LogP) is 9.14. The Kier molecular flexibility index (Phi) is 22.4. The number of pyridine rings is 1. The summed E-state index contributed by atoms with van der Waals surface area (Å²) >= 11 is 0. The van der Waals surface area contributed by atoms with Crippen LogP contribution in [-0.4, -0.2) is 101 Å². The van der Waals surface area contributed by atoms with Gasteiger partial charge in [-0.25, -0.2) is 4.57 Å². The molecular weight excluding hydrogens is 924 g/mol. The summed E-state index contributed by atoms with van der Waals surface area (Å²) in [5, 5.41) is 17.2. The van der Waals surface area contributed by atoms with Crippen LogP contribution in [-0.2, 0) is 37.5 Å². The first-order chi connectivity index (χ1) is 34.1. The lowest BCUT2D eigenvalue weighted by Crippen LogP contribution is -2.47. The van der Waals surface area contributed by atoms with Crippen molar-refractivity contribution in [1.29, 1.82) is 0 Å². The second-order valence-electron chi connectivity index (χ2n) is 18.1. The molecule has 2 atom stereocenters. The van der Waals surface area contributed by atoms with Crippen LogP contribution in [0.2, 0.25) is 0 Å². The highest BCUT2D eigenvalue weighted by atomic mass is 31.2. The van der Waals surface area contributed by atoms with Crippen molar-refractivity contribution >= 4 is 70.2 Å². The van der Waals surface area contributed by atoms with E-state index in [1.54, 1.807) is 0 Å². The second-order valence-corrected chi connectivity index (χ2v) is 19.6. The number of azo groups is 1. The minimum atomic E-state index is -4.38. The van der Waals surface area contributed by atoms with Gasteiger partial charge in [-0.05, 0) is 121 Å². The number of aromatic nitrogens is 1. The molecule has 5 aromatic rings. The van der Waals surface area contributed by atoms with E-state index in [9.17, 15) is 23.8 Å². The minimum Gasteiger partial charge on any atom is -0.463 e. The number of benzene rings is 4. The Labute approximate surface area is 418 Å². The van der Waals surface area contributed by atoms with Crippen LogP contribution in [0.15, 0.2) is 107 Å². The molecule has 17 nitrogen and oxygen atoms in total. The zero-order valence-electron chi connectivity index (χ0n) is 42.3. The fourth-order valence-electron chi connectivity index (χ4n) is 7.88. The molecule has 71 heavy (non-hydrogen) atoms. The van der Waals surface area contributed by atoms with Gasteiger partial charge in [-0.2, -0.15) is 14.8 Å². The largest absolute Gasteiger partial charge is 0.472 e. The number of nitrogens with zero attached hydrogens (tertiary/aromatic N) is 5. The molecule has 2 amide bonds. The Balaban J connectivity index is 0.998. The van der Waals surface area contributed by atoms with E-state index in [4.69, 9.17) is 24.3 Å². The van der Waals surface area contributed by atoms with Crippen molar-refractivity contribution in [3.63, 3.8) is 0 Å². The average molecular weight is 998 g/mol. The second kappa shape index (κ2) is 28.3. The Morgan fingerprint density at radius 1 is 0.775 bits per heavy atom. The number of unbranched alkanes of at least 4 members (excludes halogenated alkanes) is 2. The Hall–Kier alpha value is -5.81. The summed E-state index contributed by atoms with van der Waals surface area (Å²) in [6.45, 7) is 12.6. The molecule has 18 heteroatoms. The number of phosphoric ester groups is 1. The summed E-state index contributed by atoms with van der Waals surface area (Å²) in [6, 6.07) is 33.4. The van der Waals surface area contributed by atoms with Crippen LogP contribution in [0, 0.1) is 0 Å². The van der Waals surface area contributed by atoms with Crippen LogP contribution < -0.4 is 30.7 Å². The van der Waals surface area contributed by atoms with Crippen LogP contribution in [0.4, 0.5) is 22.7 Å². The summed E-state index contributed by atoms with van der Waals surface area (Å²) < 4.78 is 35.0. The van der Waals surface area contributed by atoms with Gasteiger partial charge in [-0.1, -0.05) is 24.6 Å². The molecule has 0 radical (unpaired) electrons. The summed E-state index contributed by atoms with van der Waals surface area (Å²) in [5.74, 6) is -0.773. The summed E-state index contributed by atoms with van der Waals surface area (Å²) in [7, 11) is -2.38. The van der Waals surface area contributed by atoms with E-state index >= 15 is 0 Å². The number of para-hydroxylation sites is 1. The van der Waals surface area contributed by atoms with Crippen LogP contribution in [0.1, 0.15) is 86.0 Å². The maximum Gasteiger partial charge on any atom is 0.472 e. The first-order valence-electron chi connectivity index (χ1n) is 24.7. The molecule has 1 aromatic heterocycles. The third kappa shape index (κ3) is 18.7. The first kappa shape index (κ1) is 56.1. The molecule has 0 aliphatic heterocycles. The van der Waals surface area contributed by atoms with Crippen molar-refractivity contribution in [3.8, 4) is 5.69 Å². The number of nitrogens with two attached hydrogens (primary N) is 1. The zero-order valence-corrected chi connectivity index (χ0v) is 43.2. The summed E-state index contributed by atoms with van der Waals surface area (Å²) in [6.07, 6.45) is 3.86. The van der Waals surface area contributed by atoms with Gasteiger partial charge in [0.15, 0.2) is 0 Å². The van der Waals surface area contributed by atoms with Gasteiger partial charge in [0.25, 0.3) is 0 Å². The Morgan fingerprint density at radius 2 is 1.44 bits per heavy atom. The molecule has 4 aromatic carbocycles. The van der Waals surface area contributed by atoms with Gasteiger partial charge in [0.2, 0.25) is 28.5 Å². The van der Waals surface area contributed by atoms with Crippen LogP contribution >= 0.6 is 7.82 Å². The van der Waals surface area contributed by atoms with Gasteiger partial charge >= 0.3 is 13.8 Å². The van der Waals surface area contributed by atoms with E-state index in [1.165, 1.54) is 5.69 Å². The van der Waals surface area contributed by atoms with Gasteiger partial charge in [0, 0.05) is 98.9 Å². The molecule has 5 rings (SSSR count). The molecule has 0 aliphatic carbocycles. The van der Waals surface area contributed by atoms with Gasteiger partial charge in [0.1, 0.15) is 6.61 Å².